The van der Waals surface area contributed by atoms with Crippen LogP contribution in [-0.4, -0.2) is 32.6 Å². The maximum absolute atomic E-state index is 12.9. The van der Waals surface area contributed by atoms with Gasteiger partial charge in [-0.15, -0.1) is 0 Å². The molecule has 0 amide bonds. The molecule has 8 nitrogen and oxygen atoms in total. The van der Waals surface area contributed by atoms with Gasteiger partial charge in [-0.25, -0.2) is 4.79 Å². The summed E-state index contributed by atoms with van der Waals surface area (Å²) in [6.45, 7) is 1.42. The molecule has 0 aliphatic rings. The van der Waals surface area contributed by atoms with E-state index in [9.17, 15) is 18.0 Å². The Labute approximate surface area is 169 Å². The average Bonchev–Trinajstić information content (AvgIpc) is 3.05. The molecule has 0 unspecified atom stereocenters. The van der Waals surface area contributed by atoms with Crippen molar-refractivity contribution in [3.63, 3.8) is 0 Å². The second-order valence-corrected chi connectivity index (χ2v) is 6.28. The number of hydrogen-bond donors (Lipinski definition) is 0. The van der Waals surface area contributed by atoms with Gasteiger partial charge in [0.25, 0.3) is 0 Å². The van der Waals surface area contributed by atoms with Gasteiger partial charge < -0.3 is 9.57 Å². The Bertz CT molecular complexity index is 1130. The highest BCUT2D eigenvalue weighted by Crippen LogP contribution is 2.30. The molecule has 0 spiro atoms. The van der Waals surface area contributed by atoms with Gasteiger partial charge in [0.1, 0.15) is 12.4 Å². The minimum atomic E-state index is -4.45. The average molecular weight is 421 g/mol. The fourth-order valence-electron chi connectivity index (χ4n) is 2.72. The fraction of sp³-hybridized carbons (Fsp3) is 0.263. The Balaban J connectivity index is 1.87. The lowest BCUT2D eigenvalue weighted by molar-refractivity contribution is -0.137. The summed E-state index contributed by atoms with van der Waals surface area (Å²) >= 11 is 0. The fourth-order valence-corrected chi connectivity index (χ4v) is 2.72. The van der Waals surface area contributed by atoms with Crippen molar-refractivity contribution >= 4 is 5.71 Å². The second kappa shape index (κ2) is 8.39. The lowest BCUT2D eigenvalue weighted by Crippen LogP contribution is -2.23. The standard InChI is InChI=1S/C19H18F3N5O3/c1-12(13-6-4-7-14(10-13)19(20,21)22)23-30-11-15-16(8-5-9-17(15)29-3)27-18(28)26(2)24-25-27/h4-10H,11H2,1-3H3. The SMILES string of the molecule is COc1cccc(-n2nnn(C)c2=O)c1CON=C(C)c1cccc(C(F)(F)F)c1. The highest BCUT2D eigenvalue weighted by Gasteiger charge is 2.30. The van der Waals surface area contributed by atoms with Gasteiger partial charge in [-0.05, 0) is 47.2 Å². The molecule has 1 heterocycles. The quantitative estimate of drug-likeness (QED) is 0.452. The van der Waals surface area contributed by atoms with Gasteiger partial charge in [-0.1, -0.05) is 23.4 Å². The highest BCUT2D eigenvalue weighted by atomic mass is 19.4. The van der Waals surface area contributed by atoms with E-state index in [-0.39, 0.29) is 17.9 Å². The van der Waals surface area contributed by atoms with Crippen molar-refractivity contribution in [3.8, 4) is 11.4 Å². The Morgan fingerprint density at radius 1 is 1.17 bits per heavy atom. The number of nitrogens with zero attached hydrogens (tertiary/aromatic N) is 5. The lowest BCUT2D eigenvalue weighted by Gasteiger charge is -2.12. The van der Waals surface area contributed by atoms with Crippen molar-refractivity contribution < 1.29 is 22.7 Å². The largest absolute Gasteiger partial charge is 0.496 e. The number of aromatic nitrogens is 4. The number of benzene rings is 2. The zero-order valence-electron chi connectivity index (χ0n) is 16.3. The van der Waals surface area contributed by atoms with Gasteiger partial charge in [-0.3, -0.25) is 0 Å². The number of alkyl halides is 3. The minimum absolute atomic E-state index is 0.112. The molecule has 30 heavy (non-hydrogen) atoms. The third-order valence-corrected chi connectivity index (χ3v) is 4.30. The first kappa shape index (κ1) is 21.1. The number of oxime groups is 1. The second-order valence-electron chi connectivity index (χ2n) is 6.28. The van der Waals surface area contributed by atoms with E-state index in [0.717, 1.165) is 21.5 Å². The van der Waals surface area contributed by atoms with Crippen LogP contribution in [0.2, 0.25) is 0 Å². The summed E-state index contributed by atoms with van der Waals surface area (Å²) < 4.78 is 46.2. The van der Waals surface area contributed by atoms with Crippen LogP contribution in [0.5, 0.6) is 5.75 Å². The van der Waals surface area contributed by atoms with Crippen LogP contribution in [0.25, 0.3) is 5.69 Å². The van der Waals surface area contributed by atoms with E-state index in [4.69, 9.17) is 9.57 Å². The van der Waals surface area contributed by atoms with Gasteiger partial charge >= 0.3 is 11.9 Å². The third-order valence-electron chi connectivity index (χ3n) is 4.30. The summed E-state index contributed by atoms with van der Waals surface area (Å²) in [4.78, 5) is 17.6. The summed E-state index contributed by atoms with van der Waals surface area (Å²) in [6, 6.07) is 9.78. The highest BCUT2D eigenvalue weighted by molar-refractivity contribution is 5.98. The summed E-state index contributed by atoms with van der Waals surface area (Å²) in [5, 5.41) is 11.4. The molecule has 2 aromatic carbocycles. The smallest absolute Gasteiger partial charge is 0.416 e. The predicted molar refractivity (Wildman–Crippen MR) is 102 cm³/mol. The zero-order valence-corrected chi connectivity index (χ0v) is 16.3. The number of halogens is 3. The van der Waals surface area contributed by atoms with E-state index < -0.39 is 17.4 Å². The maximum Gasteiger partial charge on any atom is 0.416 e. The van der Waals surface area contributed by atoms with Crippen molar-refractivity contribution in [1.29, 1.82) is 0 Å². The molecule has 0 fully saturated rings. The minimum Gasteiger partial charge on any atom is -0.496 e. The maximum atomic E-state index is 12.9. The molecule has 1 aromatic heterocycles. The van der Waals surface area contributed by atoms with Crippen molar-refractivity contribution in [2.24, 2.45) is 12.2 Å². The van der Waals surface area contributed by atoms with Crippen LogP contribution in [0, 0.1) is 0 Å². The van der Waals surface area contributed by atoms with E-state index in [0.29, 0.717) is 17.0 Å². The number of rotatable bonds is 6. The van der Waals surface area contributed by atoms with Crippen LogP contribution >= 0.6 is 0 Å². The zero-order chi connectivity index (χ0) is 21.9. The van der Waals surface area contributed by atoms with Gasteiger partial charge in [0.15, 0.2) is 0 Å². The van der Waals surface area contributed by atoms with Crippen molar-refractivity contribution in [3.05, 3.63) is 69.6 Å². The molecule has 0 N–H and O–H groups in total. The first-order valence-corrected chi connectivity index (χ1v) is 8.72. The molecular weight excluding hydrogens is 403 g/mol. The van der Waals surface area contributed by atoms with Crippen molar-refractivity contribution in [2.45, 2.75) is 19.7 Å². The van der Waals surface area contributed by atoms with E-state index in [2.05, 4.69) is 15.6 Å². The van der Waals surface area contributed by atoms with E-state index in [1.54, 1.807) is 18.2 Å². The van der Waals surface area contributed by atoms with Crippen LogP contribution in [0.3, 0.4) is 0 Å². The number of hydrogen-bond acceptors (Lipinski definition) is 6. The van der Waals surface area contributed by atoms with Crippen molar-refractivity contribution in [2.75, 3.05) is 7.11 Å². The molecule has 158 valence electrons. The van der Waals surface area contributed by atoms with Gasteiger partial charge in [0.05, 0.1) is 29.6 Å². The van der Waals surface area contributed by atoms with Gasteiger partial charge in [0, 0.05) is 7.05 Å². The number of tetrazole rings is 1. The third kappa shape index (κ3) is 4.34. The number of ether oxygens (including phenoxy) is 1. The molecule has 0 aliphatic carbocycles. The Morgan fingerprint density at radius 3 is 2.53 bits per heavy atom. The number of aryl methyl sites for hydroxylation is 1. The van der Waals surface area contributed by atoms with Crippen LogP contribution in [0.1, 0.15) is 23.6 Å². The monoisotopic (exact) mass is 421 g/mol. The Hall–Kier alpha value is -3.63. The Morgan fingerprint density at radius 2 is 1.90 bits per heavy atom. The van der Waals surface area contributed by atoms with Crippen LogP contribution in [-0.2, 0) is 24.7 Å². The Kier molecular flexibility index (Phi) is 5.90. The molecule has 0 atom stereocenters. The van der Waals surface area contributed by atoms with E-state index in [1.807, 2.05) is 0 Å². The van der Waals surface area contributed by atoms with Gasteiger partial charge in [0.2, 0.25) is 0 Å². The van der Waals surface area contributed by atoms with Crippen LogP contribution < -0.4 is 10.4 Å². The molecule has 3 aromatic rings. The summed E-state index contributed by atoms with van der Waals surface area (Å²) in [5.41, 5.74) is 0.156. The van der Waals surface area contributed by atoms with Crippen LogP contribution in [0.15, 0.2) is 52.4 Å². The normalized spacial score (nSPS) is 12.1. The molecule has 0 radical (unpaired) electrons. The van der Waals surface area contributed by atoms with Gasteiger partial charge in [-0.2, -0.15) is 22.5 Å². The van der Waals surface area contributed by atoms with Crippen molar-refractivity contribution in [1.82, 2.24) is 19.8 Å². The number of methoxy groups -OCH3 is 1. The lowest BCUT2D eigenvalue weighted by atomic mass is 10.1. The molecular formula is C19H18F3N5O3. The molecule has 0 saturated heterocycles. The molecule has 0 saturated carbocycles. The summed E-state index contributed by atoms with van der Waals surface area (Å²) in [6.07, 6.45) is -4.45. The molecule has 3 rings (SSSR count). The molecule has 0 aliphatic heterocycles. The van der Waals surface area contributed by atoms with E-state index in [1.165, 1.54) is 33.2 Å². The first-order chi connectivity index (χ1) is 14.2. The van der Waals surface area contributed by atoms with E-state index >= 15 is 0 Å². The predicted octanol–water partition coefficient (Wildman–Crippen LogP) is 2.93. The summed E-state index contributed by atoms with van der Waals surface area (Å²) in [7, 11) is 2.92. The van der Waals surface area contributed by atoms with Crippen LogP contribution in [0.4, 0.5) is 13.2 Å². The summed E-state index contributed by atoms with van der Waals surface area (Å²) in [5.74, 6) is 0.428. The first-order valence-electron chi connectivity index (χ1n) is 8.72. The topological polar surface area (TPSA) is 83.5 Å². The molecule has 11 heteroatoms. The molecule has 0 bridgehead atoms.